The third-order valence-corrected chi connectivity index (χ3v) is 3.19. The smallest absolute Gasteiger partial charge is 0.337 e. The van der Waals surface area contributed by atoms with Gasteiger partial charge in [-0.15, -0.1) is 0 Å². The summed E-state index contributed by atoms with van der Waals surface area (Å²) in [7, 11) is 3.01. The Hall–Kier alpha value is -2.34. The Labute approximate surface area is 126 Å². The molecule has 1 N–H and O–H groups in total. The summed E-state index contributed by atoms with van der Waals surface area (Å²) in [5, 5.41) is 7.05. The lowest BCUT2D eigenvalue weighted by Crippen LogP contribution is -2.15. The van der Waals surface area contributed by atoms with Gasteiger partial charge in [-0.25, -0.2) is 4.79 Å². The molecule has 7 heteroatoms. The number of aryl methyl sites for hydroxylation is 2. The summed E-state index contributed by atoms with van der Waals surface area (Å²) >= 11 is 6.03. The monoisotopic (exact) mass is 307 g/mol. The zero-order chi connectivity index (χ0) is 15.6. The molecule has 6 nitrogen and oxygen atoms in total. The van der Waals surface area contributed by atoms with Crippen LogP contribution in [0.4, 0.5) is 5.69 Å². The van der Waals surface area contributed by atoms with Crippen LogP contribution in [0.2, 0.25) is 5.02 Å². The summed E-state index contributed by atoms with van der Waals surface area (Å²) in [5.74, 6) is -0.895. The second-order valence-electron chi connectivity index (χ2n) is 4.47. The average Bonchev–Trinajstić information content (AvgIpc) is 2.79. The van der Waals surface area contributed by atoms with E-state index < -0.39 is 11.9 Å². The summed E-state index contributed by atoms with van der Waals surface area (Å²) in [6, 6.07) is 4.51. The van der Waals surface area contributed by atoms with Gasteiger partial charge in [0.15, 0.2) is 5.69 Å². The molecule has 0 saturated carbocycles. The Kier molecular flexibility index (Phi) is 4.28. The number of amides is 1. The van der Waals surface area contributed by atoms with Crippen molar-refractivity contribution in [3.8, 4) is 0 Å². The Morgan fingerprint density at radius 1 is 1.38 bits per heavy atom. The molecule has 0 atom stereocenters. The van der Waals surface area contributed by atoms with Crippen LogP contribution in [0, 0.1) is 6.92 Å². The lowest BCUT2D eigenvalue weighted by atomic mass is 10.2. The van der Waals surface area contributed by atoms with Crippen molar-refractivity contribution in [2.24, 2.45) is 7.05 Å². The predicted octanol–water partition coefficient (Wildman–Crippen LogP) is 2.42. The lowest BCUT2D eigenvalue weighted by molar-refractivity contribution is 0.0600. The molecule has 0 bridgehead atoms. The predicted molar refractivity (Wildman–Crippen MR) is 78.7 cm³/mol. The maximum Gasteiger partial charge on any atom is 0.337 e. The number of methoxy groups -OCH3 is 1. The van der Waals surface area contributed by atoms with Gasteiger partial charge in [0, 0.05) is 18.8 Å². The molecule has 0 unspecified atom stereocenters. The summed E-state index contributed by atoms with van der Waals surface area (Å²) < 4.78 is 6.19. The van der Waals surface area contributed by atoms with E-state index in [2.05, 4.69) is 15.2 Å². The van der Waals surface area contributed by atoms with Crippen LogP contribution in [0.15, 0.2) is 24.4 Å². The van der Waals surface area contributed by atoms with Gasteiger partial charge in [0.1, 0.15) is 0 Å². The molecule has 110 valence electrons. The molecule has 0 aliphatic heterocycles. The fourth-order valence-electron chi connectivity index (χ4n) is 1.88. The van der Waals surface area contributed by atoms with E-state index in [1.54, 1.807) is 24.9 Å². The molecule has 2 aromatic rings. The van der Waals surface area contributed by atoms with Crippen LogP contribution in [0.1, 0.15) is 26.4 Å². The molecule has 21 heavy (non-hydrogen) atoms. The SMILES string of the molecule is COC(=O)c1ccc(Cl)c(NC(=O)c2nn(C)cc2C)c1. The van der Waals surface area contributed by atoms with Gasteiger partial charge in [-0.2, -0.15) is 5.10 Å². The van der Waals surface area contributed by atoms with E-state index in [9.17, 15) is 9.59 Å². The van der Waals surface area contributed by atoms with E-state index in [0.29, 0.717) is 22.0 Å². The molecule has 0 spiro atoms. The lowest BCUT2D eigenvalue weighted by Gasteiger charge is -2.08. The van der Waals surface area contributed by atoms with Gasteiger partial charge in [-0.1, -0.05) is 11.6 Å². The van der Waals surface area contributed by atoms with Gasteiger partial charge in [-0.3, -0.25) is 9.48 Å². The number of ether oxygens (including phenoxy) is 1. The van der Waals surface area contributed by atoms with Gasteiger partial charge in [0.25, 0.3) is 5.91 Å². The summed E-state index contributed by atoms with van der Waals surface area (Å²) in [5.41, 5.74) is 1.68. The van der Waals surface area contributed by atoms with Crippen LogP contribution in [-0.2, 0) is 11.8 Å². The van der Waals surface area contributed by atoms with Gasteiger partial charge in [0.05, 0.1) is 23.4 Å². The van der Waals surface area contributed by atoms with Crippen molar-refractivity contribution in [2.75, 3.05) is 12.4 Å². The third-order valence-electron chi connectivity index (χ3n) is 2.86. The number of benzene rings is 1. The number of hydrogen-bond acceptors (Lipinski definition) is 4. The minimum Gasteiger partial charge on any atom is -0.465 e. The maximum atomic E-state index is 12.2. The number of esters is 1. The molecule has 2 rings (SSSR count). The highest BCUT2D eigenvalue weighted by Crippen LogP contribution is 2.24. The van der Waals surface area contributed by atoms with Crippen molar-refractivity contribution in [1.82, 2.24) is 9.78 Å². The van der Waals surface area contributed by atoms with Crippen LogP contribution in [0.3, 0.4) is 0 Å². The van der Waals surface area contributed by atoms with E-state index in [1.165, 1.54) is 25.3 Å². The van der Waals surface area contributed by atoms with E-state index in [4.69, 9.17) is 11.6 Å². The summed E-state index contributed by atoms with van der Waals surface area (Å²) in [4.78, 5) is 23.7. The van der Waals surface area contributed by atoms with Crippen molar-refractivity contribution in [3.05, 3.63) is 46.2 Å². The number of anilines is 1. The number of halogens is 1. The van der Waals surface area contributed by atoms with Crippen LogP contribution in [0.5, 0.6) is 0 Å². The zero-order valence-corrected chi connectivity index (χ0v) is 12.6. The molecule has 0 aliphatic rings. The number of carbonyl (C=O) groups is 2. The van der Waals surface area contributed by atoms with Crippen LogP contribution in [-0.4, -0.2) is 28.8 Å². The van der Waals surface area contributed by atoms with Gasteiger partial charge in [-0.05, 0) is 25.1 Å². The van der Waals surface area contributed by atoms with Crippen LogP contribution in [0.25, 0.3) is 0 Å². The maximum absolute atomic E-state index is 12.2. The molecule has 1 aromatic carbocycles. The molecule has 0 aliphatic carbocycles. The first-order chi connectivity index (χ1) is 9.92. The fraction of sp³-hybridized carbons (Fsp3) is 0.214. The first kappa shape index (κ1) is 15.1. The topological polar surface area (TPSA) is 73.2 Å². The van der Waals surface area contributed by atoms with Gasteiger partial charge in [0.2, 0.25) is 0 Å². The third kappa shape index (κ3) is 3.22. The molecule has 1 amide bonds. The molecule has 0 radical (unpaired) electrons. The van der Waals surface area contributed by atoms with Crippen molar-refractivity contribution in [2.45, 2.75) is 6.92 Å². The van der Waals surface area contributed by atoms with Crippen molar-refractivity contribution in [1.29, 1.82) is 0 Å². The Morgan fingerprint density at radius 2 is 2.10 bits per heavy atom. The van der Waals surface area contributed by atoms with Crippen molar-refractivity contribution < 1.29 is 14.3 Å². The minimum atomic E-state index is -0.504. The number of nitrogens with one attached hydrogen (secondary N) is 1. The molecule has 1 aromatic heterocycles. The molecule has 1 heterocycles. The Morgan fingerprint density at radius 3 is 2.67 bits per heavy atom. The Bertz CT molecular complexity index is 709. The van der Waals surface area contributed by atoms with Crippen molar-refractivity contribution in [3.63, 3.8) is 0 Å². The van der Waals surface area contributed by atoms with Gasteiger partial charge < -0.3 is 10.1 Å². The highest BCUT2D eigenvalue weighted by Gasteiger charge is 2.16. The molecule has 0 saturated heterocycles. The standard InChI is InChI=1S/C14H14ClN3O3/c1-8-7-18(2)17-12(8)13(19)16-11-6-9(14(20)21-3)4-5-10(11)15/h4-7H,1-3H3,(H,16,19). The quantitative estimate of drug-likeness (QED) is 0.884. The van der Waals surface area contributed by atoms with E-state index in [-0.39, 0.29) is 0 Å². The van der Waals surface area contributed by atoms with Gasteiger partial charge >= 0.3 is 5.97 Å². The first-order valence-corrected chi connectivity index (χ1v) is 6.49. The first-order valence-electron chi connectivity index (χ1n) is 6.12. The van der Waals surface area contributed by atoms with Crippen molar-refractivity contribution >= 4 is 29.2 Å². The van der Waals surface area contributed by atoms with Crippen LogP contribution >= 0.6 is 11.6 Å². The van der Waals surface area contributed by atoms with Crippen LogP contribution < -0.4 is 5.32 Å². The largest absolute Gasteiger partial charge is 0.465 e. The molecular formula is C14H14ClN3O3. The second-order valence-corrected chi connectivity index (χ2v) is 4.88. The summed E-state index contributed by atoms with van der Waals surface area (Å²) in [6.45, 7) is 1.79. The fourth-order valence-corrected chi connectivity index (χ4v) is 2.04. The highest BCUT2D eigenvalue weighted by atomic mass is 35.5. The van der Waals surface area contributed by atoms with E-state index >= 15 is 0 Å². The number of aromatic nitrogens is 2. The number of nitrogens with zero attached hydrogens (tertiary/aromatic N) is 2. The Balaban J connectivity index is 2.28. The van der Waals surface area contributed by atoms with E-state index in [1.807, 2.05) is 0 Å². The van der Waals surface area contributed by atoms with E-state index in [0.717, 1.165) is 5.56 Å². The second kappa shape index (κ2) is 5.97. The highest BCUT2D eigenvalue weighted by molar-refractivity contribution is 6.34. The minimum absolute atomic E-state index is 0.301. The number of hydrogen-bond donors (Lipinski definition) is 1. The summed E-state index contributed by atoms with van der Waals surface area (Å²) in [6.07, 6.45) is 1.74. The zero-order valence-electron chi connectivity index (χ0n) is 11.8. The normalized spacial score (nSPS) is 10.3. The number of rotatable bonds is 3. The number of carbonyl (C=O) groups excluding carboxylic acids is 2. The average molecular weight is 308 g/mol. The molecular weight excluding hydrogens is 294 g/mol. The molecule has 0 fully saturated rings.